The second-order valence-electron chi connectivity index (χ2n) is 6.07. The average Bonchev–Trinajstić information content (AvgIpc) is 2.41. The number of esters is 1. The standard InChI is InChI=1S/C16H23F2NO3/c1-16(2,3)22-15(21)11-8-9-13(14(17)18)19-12(11)7-5-4-6-10-20/h8-9,14,20H,4-7,10H2,1-3H3. The maximum Gasteiger partial charge on any atom is 0.340 e. The maximum atomic E-state index is 12.8. The molecule has 4 nitrogen and oxygen atoms in total. The van der Waals surface area contributed by atoms with Crippen LogP contribution in [0.5, 0.6) is 0 Å². The summed E-state index contributed by atoms with van der Waals surface area (Å²) in [4.78, 5) is 16.1. The topological polar surface area (TPSA) is 59.4 Å². The molecule has 0 atom stereocenters. The summed E-state index contributed by atoms with van der Waals surface area (Å²) >= 11 is 0. The van der Waals surface area contributed by atoms with E-state index in [1.54, 1.807) is 20.8 Å². The number of unbranched alkanes of at least 4 members (excludes halogenated alkanes) is 2. The SMILES string of the molecule is CC(C)(C)OC(=O)c1ccc(C(F)F)nc1CCCCCO. The molecule has 1 rings (SSSR count). The van der Waals surface area contributed by atoms with E-state index in [-0.39, 0.29) is 17.9 Å². The summed E-state index contributed by atoms with van der Waals surface area (Å²) in [7, 11) is 0. The zero-order chi connectivity index (χ0) is 16.8. The van der Waals surface area contributed by atoms with Crippen LogP contribution in [0.3, 0.4) is 0 Å². The lowest BCUT2D eigenvalue weighted by Gasteiger charge is -2.20. The van der Waals surface area contributed by atoms with Crippen LogP contribution in [0.25, 0.3) is 0 Å². The Kier molecular flexibility index (Phi) is 6.87. The van der Waals surface area contributed by atoms with Crippen molar-refractivity contribution in [2.75, 3.05) is 6.61 Å². The van der Waals surface area contributed by atoms with Gasteiger partial charge < -0.3 is 9.84 Å². The third-order valence-corrected chi connectivity index (χ3v) is 2.91. The van der Waals surface area contributed by atoms with Gasteiger partial charge in [0.25, 0.3) is 6.43 Å². The van der Waals surface area contributed by atoms with Crippen molar-refractivity contribution in [2.24, 2.45) is 0 Å². The molecular formula is C16H23F2NO3. The van der Waals surface area contributed by atoms with Crippen LogP contribution in [0.2, 0.25) is 0 Å². The van der Waals surface area contributed by atoms with Crippen LogP contribution in [-0.2, 0) is 11.2 Å². The van der Waals surface area contributed by atoms with Crippen molar-refractivity contribution in [1.82, 2.24) is 4.98 Å². The molecule has 0 aliphatic heterocycles. The van der Waals surface area contributed by atoms with E-state index in [1.165, 1.54) is 6.07 Å². The van der Waals surface area contributed by atoms with Gasteiger partial charge in [-0.1, -0.05) is 6.42 Å². The van der Waals surface area contributed by atoms with Crippen molar-refractivity contribution in [3.8, 4) is 0 Å². The van der Waals surface area contributed by atoms with Crippen LogP contribution in [-0.4, -0.2) is 28.3 Å². The first-order valence-corrected chi connectivity index (χ1v) is 7.37. The Morgan fingerprint density at radius 1 is 1.27 bits per heavy atom. The second-order valence-corrected chi connectivity index (χ2v) is 6.07. The van der Waals surface area contributed by atoms with Gasteiger partial charge in [-0.25, -0.2) is 13.6 Å². The molecule has 6 heteroatoms. The number of rotatable bonds is 7. The first kappa shape index (κ1) is 18.5. The highest BCUT2D eigenvalue weighted by Crippen LogP contribution is 2.21. The molecule has 0 amide bonds. The number of aliphatic hydroxyl groups is 1. The van der Waals surface area contributed by atoms with E-state index in [4.69, 9.17) is 9.84 Å². The normalized spacial score (nSPS) is 11.8. The van der Waals surface area contributed by atoms with Gasteiger partial charge in [0.15, 0.2) is 0 Å². The molecule has 0 saturated heterocycles. The van der Waals surface area contributed by atoms with Gasteiger partial charge in [0.05, 0.1) is 11.3 Å². The lowest BCUT2D eigenvalue weighted by atomic mass is 10.1. The van der Waals surface area contributed by atoms with Gasteiger partial charge >= 0.3 is 5.97 Å². The van der Waals surface area contributed by atoms with Crippen molar-refractivity contribution in [3.63, 3.8) is 0 Å². The molecule has 0 saturated carbocycles. The second kappa shape index (κ2) is 8.17. The number of pyridine rings is 1. The number of ether oxygens (including phenoxy) is 1. The Hall–Kier alpha value is -1.56. The molecule has 1 N–H and O–H groups in total. The van der Waals surface area contributed by atoms with Gasteiger partial charge in [0.1, 0.15) is 11.3 Å². The number of aliphatic hydroxyl groups excluding tert-OH is 1. The van der Waals surface area contributed by atoms with Crippen LogP contribution in [0.4, 0.5) is 8.78 Å². The first-order valence-electron chi connectivity index (χ1n) is 7.37. The van der Waals surface area contributed by atoms with Crippen LogP contribution >= 0.6 is 0 Å². The van der Waals surface area contributed by atoms with Gasteiger partial charge in [-0.3, -0.25) is 4.98 Å². The summed E-state index contributed by atoms with van der Waals surface area (Å²) in [5.41, 5.74) is -0.454. The van der Waals surface area contributed by atoms with E-state index in [1.807, 2.05) is 0 Å². The molecule has 1 heterocycles. The summed E-state index contributed by atoms with van der Waals surface area (Å²) in [6.45, 7) is 5.32. The molecule has 0 fully saturated rings. The van der Waals surface area contributed by atoms with E-state index in [0.717, 1.165) is 12.5 Å². The Morgan fingerprint density at radius 2 is 1.95 bits per heavy atom. The Bertz CT molecular complexity index is 499. The van der Waals surface area contributed by atoms with Crippen LogP contribution in [0.15, 0.2) is 12.1 Å². The van der Waals surface area contributed by atoms with Gasteiger partial charge in [-0.15, -0.1) is 0 Å². The lowest BCUT2D eigenvalue weighted by molar-refractivity contribution is 0.00672. The molecule has 1 aromatic rings. The quantitative estimate of drug-likeness (QED) is 0.616. The molecule has 22 heavy (non-hydrogen) atoms. The largest absolute Gasteiger partial charge is 0.456 e. The van der Waals surface area contributed by atoms with Crippen molar-refractivity contribution < 1.29 is 23.4 Å². The highest BCUT2D eigenvalue weighted by Gasteiger charge is 2.22. The molecule has 0 radical (unpaired) electrons. The van der Waals surface area contributed by atoms with Crippen LogP contribution in [0.1, 0.15) is 68.2 Å². The van der Waals surface area contributed by atoms with E-state index in [9.17, 15) is 13.6 Å². The predicted octanol–water partition coefficient (Wildman–Crippen LogP) is 3.68. The number of hydrogen-bond donors (Lipinski definition) is 1. The minimum atomic E-state index is -2.68. The lowest BCUT2D eigenvalue weighted by Crippen LogP contribution is -2.25. The molecule has 0 bridgehead atoms. The molecule has 0 aliphatic carbocycles. The fourth-order valence-corrected chi connectivity index (χ4v) is 1.93. The summed E-state index contributed by atoms with van der Waals surface area (Å²) in [5.74, 6) is -0.557. The number of alkyl halides is 2. The predicted molar refractivity (Wildman–Crippen MR) is 79.0 cm³/mol. The number of nitrogens with zero attached hydrogens (tertiary/aromatic N) is 1. The van der Waals surface area contributed by atoms with Crippen molar-refractivity contribution >= 4 is 5.97 Å². The zero-order valence-corrected chi connectivity index (χ0v) is 13.2. The number of aryl methyl sites for hydroxylation is 1. The first-order chi connectivity index (χ1) is 10.2. The maximum absolute atomic E-state index is 12.8. The van der Waals surface area contributed by atoms with E-state index in [0.29, 0.717) is 25.0 Å². The molecule has 0 spiro atoms. The van der Waals surface area contributed by atoms with Gasteiger partial charge in [0.2, 0.25) is 0 Å². The highest BCUT2D eigenvalue weighted by molar-refractivity contribution is 5.90. The minimum absolute atomic E-state index is 0.0867. The molecule has 0 unspecified atom stereocenters. The zero-order valence-electron chi connectivity index (χ0n) is 13.2. The van der Waals surface area contributed by atoms with Crippen molar-refractivity contribution in [1.29, 1.82) is 0 Å². The monoisotopic (exact) mass is 315 g/mol. The Balaban J connectivity index is 2.96. The minimum Gasteiger partial charge on any atom is -0.456 e. The Morgan fingerprint density at radius 3 is 2.50 bits per heavy atom. The molecule has 0 aliphatic rings. The third kappa shape index (κ3) is 6.05. The smallest absolute Gasteiger partial charge is 0.340 e. The molecule has 124 valence electrons. The number of aromatic nitrogens is 1. The molecular weight excluding hydrogens is 292 g/mol. The van der Waals surface area contributed by atoms with Crippen molar-refractivity contribution in [2.45, 2.75) is 58.5 Å². The van der Waals surface area contributed by atoms with E-state index < -0.39 is 18.0 Å². The van der Waals surface area contributed by atoms with Gasteiger partial charge in [0, 0.05) is 6.61 Å². The van der Waals surface area contributed by atoms with E-state index in [2.05, 4.69) is 4.98 Å². The fraction of sp³-hybridized carbons (Fsp3) is 0.625. The van der Waals surface area contributed by atoms with E-state index >= 15 is 0 Å². The Labute approximate surface area is 129 Å². The number of halogens is 2. The summed E-state index contributed by atoms with van der Waals surface area (Å²) in [5, 5.41) is 8.76. The molecule has 0 aromatic carbocycles. The number of carbonyl (C=O) groups excluding carboxylic acids is 1. The van der Waals surface area contributed by atoms with Crippen molar-refractivity contribution in [3.05, 3.63) is 29.1 Å². The fourth-order valence-electron chi connectivity index (χ4n) is 1.93. The summed E-state index contributed by atoms with van der Waals surface area (Å²) in [6, 6.07) is 2.51. The number of hydrogen-bond acceptors (Lipinski definition) is 4. The average molecular weight is 315 g/mol. The van der Waals surface area contributed by atoms with Gasteiger partial charge in [-0.2, -0.15) is 0 Å². The summed E-state index contributed by atoms with van der Waals surface area (Å²) < 4.78 is 30.9. The van der Waals surface area contributed by atoms with Crippen LogP contribution < -0.4 is 0 Å². The van der Waals surface area contributed by atoms with Crippen LogP contribution in [0, 0.1) is 0 Å². The third-order valence-electron chi connectivity index (χ3n) is 2.91. The summed E-state index contributed by atoms with van der Waals surface area (Å²) in [6.07, 6.45) is -0.240. The molecule has 1 aromatic heterocycles. The highest BCUT2D eigenvalue weighted by atomic mass is 19.3. The number of carbonyl (C=O) groups is 1. The van der Waals surface area contributed by atoms with Gasteiger partial charge in [-0.05, 0) is 52.2 Å².